The summed E-state index contributed by atoms with van der Waals surface area (Å²) in [5.41, 5.74) is 1.79. The van der Waals surface area contributed by atoms with E-state index in [1.807, 2.05) is 18.2 Å². The number of hydrogen-bond donors (Lipinski definition) is 2. The fraction of sp³-hybridized carbons (Fsp3) is 0.333. The highest BCUT2D eigenvalue weighted by atomic mass is 16.5. The second-order valence-electron chi connectivity index (χ2n) is 5.46. The number of alkyl carbamates (subject to hydrolysis) is 1. The number of carbonyl (C=O) groups is 2. The van der Waals surface area contributed by atoms with E-state index in [4.69, 9.17) is 9.47 Å². The molecular formula is C18H21NO5. The summed E-state index contributed by atoms with van der Waals surface area (Å²) in [5, 5.41) is 11.7. The molecule has 1 aliphatic rings. The lowest BCUT2D eigenvalue weighted by Crippen LogP contribution is -2.42. The van der Waals surface area contributed by atoms with Crippen molar-refractivity contribution in [2.75, 3.05) is 13.7 Å². The van der Waals surface area contributed by atoms with Crippen molar-refractivity contribution < 1.29 is 24.2 Å². The fourth-order valence-electron chi connectivity index (χ4n) is 2.31. The topological polar surface area (TPSA) is 84.9 Å². The quantitative estimate of drug-likeness (QED) is 0.802. The molecule has 24 heavy (non-hydrogen) atoms. The number of carboxylic acids is 1. The van der Waals surface area contributed by atoms with Crippen LogP contribution in [0.1, 0.15) is 18.4 Å². The molecule has 1 atom stereocenters. The molecule has 128 valence electrons. The van der Waals surface area contributed by atoms with E-state index in [0.717, 1.165) is 24.0 Å². The van der Waals surface area contributed by atoms with Gasteiger partial charge in [-0.2, -0.15) is 0 Å². The zero-order chi connectivity index (χ0) is 17.4. The number of benzene rings is 1. The van der Waals surface area contributed by atoms with Crippen LogP contribution in [-0.4, -0.2) is 36.9 Å². The molecule has 1 aliphatic carbocycles. The van der Waals surface area contributed by atoms with Gasteiger partial charge in [0.2, 0.25) is 0 Å². The third kappa shape index (κ3) is 5.46. The Morgan fingerprint density at radius 3 is 2.62 bits per heavy atom. The molecule has 0 aliphatic heterocycles. The molecule has 2 N–H and O–H groups in total. The first-order valence-corrected chi connectivity index (χ1v) is 7.72. The van der Waals surface area contributed by atoms with Crippen molar-refractivity contribution in [3.8, 4) is 5.75 Å². The minimum atomic E-state index is -1.11. The summed E-state index contributed by atoms with van der Waals surface area (Å²) in [6.45, 7) is 0.172. The summed E-state index contributed by atoms with van der Waals surface area (Å²) < 4.78 is 10.2. The molecule has 1 amide bonds. The number of allylic oxidation sites excluding steroid dienone is 3. The van der Waals surface area contributed by atoms with Crippen molar-refractivity contribution in [1.82, 2.24) is 5.32 Å². The second kappa shape index (κ2) is 8.76. The lowest BCUT2D eigenvalue weighted by atomic mass is 10.1. The van der Waals surface area contributed by atoms with Crippen molar-refractivity contribution in [2.45, 2.75) is 25.3 Å². The van der Waals surface area contributed by atoms with E-state index >= 15 is 0 Å². The van der Waals surface area contributed by atoms with Gasteiger partial charge < -0.3 is 19.9 Å². The van der Waals surface area contributed by atoms with Gasteiger partial charge in [-0.05, 0) is 36.1 Å². The Balaban J connectivity index is 1.87. The van der Waals surface area contributed by atoms with Crippen LogP contribution < -0.4 is 10.1 Å². The number of carbonyl (C=O) groups excluding carboxylic acids is 1. The van der Waals surface area contributed by atoms with Crippen molar-refractivity contribution >= 4 is 12.1 Å². The minimum absolute atomic E-state index is 0.167. The van der Waals surface area contributed by atoms with Crippen LogP contribution in [0.2, 0.25) is 0 Å². The molecule has 6 heteroatoms. The maximum atomic E-state index is 11.8. The molecule has 1 unspecified atom stereocenters. The third-order valence-corrected chi connectivity index (χ3v) is 3.68. The molecule has 0 saturated carbocycles. The van der Waals surface area contributed by atoms with Gasteiger partial charge >= 0.3 is 12.1 Å². The van der Waals surface area contributed by atoms with E-state index in [1.165, 1.54) is 0 Å². The molecular weight excluding hydrogens is 310 g/mol. The van der Waals surface area contributed by atoms with Crippen LogP contribution in [0.25, 0.3) is 0 Å². The molecule has 0 spiro atoms. The molecule has 0 fully saturated rings. The van der Waals surface area contributed by atoms with Gasteiger partial charge in [0.25, 0.3) is 0 Å². The predicted octanol–water partition coefficient (Wildman–Crippen LogP) is 2.69. The molecule has 0 radical (unpaired) electrons. The molecule has 1 aromatic carbocycles. The highest BCUT2D eigenvalue weighted by Gasteiger charge is 2.21. The number of amides is 1. The first-order chi connectivity index (χ1) is 11.6. The molecule has 0 aromatic heterocycles. The summed E-state index contributed by atoms with van der Waals surface area (Å²) in [6.07, 6.45) is 7.07. The smallest absolute Gasteiger partial charge is 0.408 e. The van der Waals surface area contributed by atoms with Crippen LogP contribution in [-0.2, 0) is 16.0 Å². The lowest BCUT2D eigenvalue weighted by molar-refractivity contribution is -0.139. The summed E-state index contributed by atoms with van der Waals surface area (Å²) in [4.78, 5) is 23.2. The maximum absolute atomic E-state index is 11.8. The number of aliphatic carboxylic acids is 1. The maximum Gasteiger partial charge on any atom is 0.408 e. The van der Waals surface area contributed by atoms with Crippen molar-refractivity contribution in [1.29, 1.82) is 0 Å². The highest BCUT2D eigenvalue weighted by molar-refractivity contribution is 5.80. The van der Waals surface area contributed by atoms with E-state index in [9.17, 15) is 14.7 Å². The summed E-state index contributed by atoms with van der Waals surface area (Å²) in [5.74, 6) is -0.421. The highest BCUT2D eigenvalue weighted by Crippen LogP contribution is 2.14. The van der Waals surface area contributed by atoms with Gasteiger partial charge in [-0.1, -0.05) is 30.4 Å². The number of carboxylic acid groups (broad SMARTS) is 1. The van der Waals surface area contributed by atoms with Crippen molar-refractivity contribution in [3.63, 3.8) is 0 Å². The molecule has 1 aromatic rings. The standard InChI is InChI=1S/C18H21NO5/c1-23-15-9-7-13(8-10-15)11-16(17(20)21)19-18(22)24-12-14-5-3-2-4-6-14/h2-3,5,7-10,16H,4,6,11-12H2,1H3,(H,19,22)(H,20,21). The van der Waals surface area contributed by atoms with Gasteiger partial charge in [0.15, 0.2) is 0 Å². The lowest BCUT2D eigenvalue weighted by Gasteiger charge is -2.16. The Hall–Kier alpha value is -2.76. The van der Waals surface area contributed by atoms with Crippen LogP contribution >= 0.6 is 0 Å². The van der Waals surface area contributed by atoms with Crippen LogP contribution in [0.5, 0.6) is 5.75 Å². The Kier molecular flexibility index (Phi) is 6.42. The zero-order valence-electron chi connectivity index (χ0n) is 13.5. The Labute approximate surface area is 140 Å². The Morgan fingerprint density at radius 2 is 2.04 bits per heavy atom. The van der Waals surface area contributed by atoms with Gasteiger partial charge in [0.05, 0.1) is 7.11 Å². The zero-order valence-corrected chi connectivity index (χ0v) is 13.5. The molecule has 0 bridgehead atoms. The van der Waals surface area contributed by atoms with Gasteiger partial charge in [0.1, 0.15) is 18.4 Å². The number of nitrogens with one attached hydrogen (secondary N) is 1. The first-order valence-electron chi connectivity index (χ1n) is 7.72. The van der Waals surface area contributed by atoms with Crippen LogP contribution in [0.3, 0.4) is 0 Å². The average Bonchev–Trinajstić information content (AvgIpc) is 2.61. The largest absolute Gasteiger partial charge is 0.497 e. The normalized spacial score (nSPS) is 14.5. The van der Waals surface area contributed by atoms with E-state index < -0.39 is 18.1 Å². The molecule has 6 nitrogen and oxygen atoms in total. The predicted molar refractivity (Wildman–Crippen MR) is 89.1 cm³/mol. The van der Waals surface area contributed by atoms with E-state index in [0.29, 0.717) is 5.75 Å². The summed E-state index contributed by atoms with van der Waals surface area (Å²) in [6, 6.07) is 5.97. The van der Waals surface area contributed by atoms with E-state index in [-0.39, 0.29) is 13.0 Å². The van der Waals surface area contributed by atoms with Gasteiger partial charge in [-0.25, -0.2) is 9.59 Å². The number of hydrogen-bond acceptors (Lipinski definition) is 4. The summed E-state index contributed by atoms with van der Waals surface area (Å²) >= 11 is 0. The van der Waals surface area contributed by atoms with E-state index in [1.54, 1.807) is 31.4 Å². The van der Waals surface area contributed by atoms with Crippen LogP contribution in [0, 0.1) is 0 Å². The molecule has 0 heterocycles. The van der Waals surface area contributed by atoms with Gasteiger partial charge in [0, 0.05) is 6.42 Å². The van der Waals surface area contributed by atoms with Crippen molar-refractivity contribution in [2.24, 2.45) is 0 Å². The van der Waals surface area contributed by atoms with Gasteiger partial charge in [-0.15, -0.1) is 0 Å². The first kappa shape index (κ1) is 17.6. The third-order valence-electron chi connectivity index (χ3n) is 3.68. The minimum Gasteiger partial charge on any atom is -0.497 e. The molecule has 0 saturated heterocycles. The second-order valence-corrected chi connectivity index (χ2v) is 5.46. The van der Waals surface area contributed by atoms with Crippen molar-refractivity contribution in [3.05, 3.63) is 53.6 Å². The average molecular weight is 331 g/mol. The Morgan fingerprint density at radius 1 is 1.29 bits per heavy atom. The number of methoxy groups -OCH3 is 1. The van der Waals surface area contributed by atoms with Crippen LogP contribution in [0.15, 0.2) is 48.1 Å². The fourth-order valence-corrected chi connectivity index (χ4v) is 2.31. The van der Waals surface area contributed by atoms with Crippen LogP contribution in [0.4, 0.5) is 4.79 Å². The number of ether oxygens (including phenoxy) is 2. The SMILES string of the molecule is COc1ccc(CC(NC(=O)OCC2=CC=CCC2)C(=O)O)cc1. The number of rotatable bonds is 7. The van der Waals surface area contributed by atoms with Gasteiger partial charge in [-0.3, -0.25) is 0 Å². The monoisotopic (exact) mass is 331 g/mol. The summed E-state index contributed by atoms with van der Waals surface area (Å²) in [7, 11) is 1.56. The molecule has 2 rings (SSSR count). The Bertz CT molecular complexity index is 633. The van der Waals surface area contributed by atoms with E-state index in [2.05, 4.69) is 5.32 Å².